The number of hydrogen-bond acceptors (Lipinski definition) is 10. The first kappa shape index (κ1) is 77.9. The third-order valence-corrected chi connectivity index (χ3v) is 0. The Morgan fingerprint density at radius 1 is 0.211 bits per heavy atom. The third kappa shape index (κ3) is 26800. The molecule has 19 heavy (non-hydrogen) atoms. The van der Waals surface area contributed by atoms with Crippen molar-refractivity contribution in [3.63, 3.8) is 0 Å². The van der Waals surface area contributed by atoms with Crippen LogP contribution in [0.3, 0.4) is 0 Å². The highest BCUT2D eigenvalue weighted by molar-refractivity contribution is 3.55. The van der Waals surface area contributed by atoms with Gasteiger partial charge in [0.15, 0.2) is 0 Å². The molecule has 0 spiro atoms. The fourth-order valence-corrected chi connectivity index (χ4v) is 0. The molecule has 0 heterocycles. The smallest absolute Gasteiger partial charge is 0.0195 e. The second kappa shape index (κ2) is 30300. The molecule has 0 saturated carbocycles. The summed E-state index contributed by atoms with van der Waals surface area (Å²) >= 11 is 0. The average molecular weight is 297 g/mol. The fraction of sp³-hybridized carbons (Fsp3) is 1.00. The first-order valence-electron chi connectivity index (χ1n) is 5.20. The van der Waals surface area contributed by atoms with E-state index in [1.54, 1.807) is 0 Å². The summed E-state index contributed by atoms with van der Waals surface area (Å²) < 4.78 is 0. The highest BCUT2D eigenvalue weighted by Crippen LogP contribution is 0.484. The molecule has 0 aliphatic rings. The van der Waals surface area contributed by atoms with Gasteiger partial charge >= 0.3 is 0 Å². The fourth-order valence-electron chi connectivity index (χ4n) is 0. The average Bonchev–Trinajstić information content (AvgIpc) is 2.63. The molecular weight excluding hydrogens is 248 g/mol. The minimum absolute atomic E-state index is 0. The van der Waals surface area contributed by atoms with E-state index >= 15 is 0 Å². The molecule has 0 radical (unpaired) electrons. The molecule has 10 nitrogen and oxygen atoms in total. The van der Waals surface area contributed by atoms with Crippen molar-refractivity contribution in [3.05, 3.63) is 0 Å². The number of rotatable bonds is 0. The van der Waals surface area contributed by atoms with Gasteiger partial charge in [-0.25, -0.2) is 0 Å². The van der Waals surface area contributed by atoms with Crippen LogP contribution < -0.4 is 57.8 Å². The Morgan fingerprint density at radius 2 is 0.211 bits per heavy atom. The van der Waals surface area contributed by atoms with Gasteiger partial charge in [-0.1, -0.05) is 0 Å². The molecule has 0 rings (SSSR count). The first-order chi connectivity index (χ1) is 9.00. The van der Waals surface area contributed by atoms with Gasteiger partial charge in [0, 0.05) is 0 Å². The quantitative estimate of drug-likeness (QED) is 0.209. The van der Waals surface area contributed by atoms with Crippen molar-refractivity contribution in [2.75, 3.05) is 63.4 Å². The predicted octanol–water partition coefficient (Wildman–Crippen LogP) is -3.66. The maximum absolute atomic E-state index is 4.50. The Labute approximate surface area is 122 Å². The van der Waals surface area contributed by atoms with Crippen LogP contribution in [0.25, 0.3) is 0 Å². The first-order valence-corrected chi connectivity index (χ1v) is 5.20. The number of nitrogens with two attached hydrogens (primary N) is 9. The van der Waals surface area contributed by atoms with Gasteiger partial charge in [0.05, 0.1) is 0 Å². The van der Waals surface area contributed by atoms with Gasteiger partial charge in [-0.2, -0.15) is 0 Å². The minimum atomic E-state index is 0. The van der Waals surface area contributed by atoms with Gasteiger partial charge in [0.25, 0.3) is 0 Å². The summed E-state index contributed by atoms with van der Waals surface area (Å²) in [5.41, 5.74) is 40.5. The lowest BCUT2D eigenvalue weighted by Gasteiger charge is -1.19. The maximum Gasteiger partial charge on any atom is -0.0195 e. The van der Waals surface area contributed by atoms with Crippen molar-refractivity contribution in [3.8, 4) is 0 Å². The summed E-state index contributed by atoms with van der Waals surface area (Å²) in [6, 6.07) is 0. The Balaban J connectivity index is -0.00000000596. The zero-order chi connectivity index (χ0) is 18.0. The Kier molecular flexibility index (Phi) is 124000. The van der Waals surface area contributed by atoms with E-state index in [2.05, 4.69) is 51.6 Å². The largest absolute Gasteiger partial charge is 0.344 e. The monoisotopic (exact) mass is 296 g/mol. The second-order valence-corrected chi connectivity index (χ2v) is 0. The van der Waals surface area contributed by atoms with Crippen molar-refractivity contribution >= 4 is 0 Å². The molecule has 10 heteroatoms. The molecule has 0 aliphatic carbocycles. The molecule has 0 aromatic heterocycles. The van der Waals surface area contributed by atoms with Crippen molar-refractivity contribution < 1.29 is 0 Å². The van der Waals surface area contributed by atoms with E-state index in [9.17, 15) is 0 Å². The summed E-state index contributed by atoms with van der Waals surface area (Å²) in [7, 11) is 13.5. The van der Waals surface area contributed by atoms with Gasteiger partial charge in [0.2, 0.25) is 0 Å². The van der Waals surface area contributed by atoms with Gasteiger partial charge in [0.1, 0.15) is 0 Å². The normalized spacial score (nSPS) is 2.84. The standard InChI is InChI=1S/9CH5N.H3N/c9*1-2;/h9*2H2,1H3;1H3. The van der Waals surface area contributed by atoms with Crippen molar-refractivity contribution in [2.24, 2.45) is 51.6 Å². The van der Waals surface area contributed by atoms with Crippen molar-refractivity contribution in [1.82, 2.24) is 6.15 Å². The lowest BCUT2D eigenvalue weighted by molar-refractivity contribution is 1.48. The second-order valence-electron chi connectivity index (χ2n) is 0. The molecule has 0 aromatic rings. The molecular formula is C9H48N10. The van der Waals surface area contributed by atoms with Crippen LogP contribution in [0.4, 0.5) is 0 Å². The van der Waals surface area contributed by atoms with Crippen molar-refractivity contribution in [2.45, 2.75) is 0 Å². The number of hydrogen-bond donors (Lipinski definition) is 10. The maximum atomic E-state index is 4.50. The van der Waals surface area contributed by atoms with Crippen LogP contribution in [0.15, 0.2) is 0 Å². The van der Waals surface area contributed by atoms with Crippen LogP contribution >= 0.6 is 0 Å². The third-order valence-electron chi connectivity index (χ3n) is 0. The van der Waals surface area contributed by atoms with E-state index in [1.807, 2.05) is 0 Å². The van der Waals surface area contributed by atoms with Crippen LogP contribution in [0.2, 0.25) is 0 Å². The minimum Gasteiger partial charge on any atom is -0.344 e. The van der Waals surface area contributed by atoms with Crippen LogP contribution in [0.5, 0.6) is 0 Å². The summed E-state index contributed by atoms with van der Waals surface area (Å²) in [6.45, 7) is 0. The zero-order valence-electron chi connectivity index (χ0n) is 14.9. The van der Waals surface area contributed by atoms with Gasteiger partial charge in [-0.05, 0) is 63.4 Å². The molecule has 0 saturated heterocycles. The highest BCUT2D eigenvalue weighted by atomic mass is 14.4. The summed E-state index contributed by atoms with van der Waals surface area (Å²) in [5.74, 6) is 0. The molecule has 0 unspecified atom stereocenters. The topological polar surface area (TPSA) is 269 Å². The zero-order valence-corrected chi connectivity index (χ0v) is 14.9. The lowest BCUT2D eigenvalue weighted by Crippen LogP contribution is -1.69. The van der Waals surface area contributed by atoms with E-state index in [4.69, 9.17) is 0 Å². The van der Waals surface area contributed by atoms with Gasteiger partial charge in [-0.15, -0.1) is 0 Å². The van der Waals surface area contributed by atoms with Crippen LogP contribution in [-0.2, 0) is 0 Å². The molecule has 0 aromatic carbocycles. The lowest BCUT2D eigenvalue weighted by atomic mass is 11.6. The van der Waals surface area contributed by atoms with Crippen LogP contribution in [0, 0.1) is 0 Å². The molecule has 21 N–H and O–H groups in total. The van der Waals surface area contributed by atoms with E-state index < -0.39 is 0 Å². The summed E-state index contributed by atoms with van der Waals surface area (Å²) in [5, 5.41) is 0. The van der Waals surface area contributed by atoms with Crippen molar-refractivity contribution in [1.29, 1.82) is 0 Å². The Hall–Kier alpha value is -0.400. The van der Waals surface area contributed by atoms with Crippen LogP contribution in [-0.4, -0.2) is 63.4 Å². The summed E-state index contributed by atoms with van der Waals surface area (Å²) in [6.07, 6.45) is 0. The van der Waals surface area contributed by atoms with E-state index in [1.165, 1.54) is 63.4 Å². The Bertz CT molecular complexity index is 19.0. The highest BCUT2D eigenvalue weighted by Gasteiger charge is 0.852. The molecule has 0 atom stereocenters. The van der Waals surface area contributed by atoms with E-state index in [-0.39, 0.29) is 6.15 Å². The van der Waals surface area contributed by atoms with E-state index in [0.717, 1.165) is 0 Å². The SMILES string of the molecule is CN.CN.CN.CN.CN.CN.CN.CN.CN.N. The van der Waals surface area contributed by atoms with E-state index in [0.29, 0.717) is 0 Å². The molecule has 0 fully saturated rings. The summed E-state index contributed by atoms with van der Waals surface area (Å²) in [4.78, 5) is 0. The molecule has 0 aliphatic heterocycles. The Morgan fingerprint density at radius 3 is 0.211 bits per heavy atom. The van der Waals surface area contributed by atoms with Gasteiger partial charge < -0.3 is 57.8 Å². The molecule has 0 amide bonds. The van der Waals surface area contributed by atoms with Gasteiger partial charge in [-0.3, -0.25) is 0 Å². The molecule has 0 bridgehead atoms. The van der Waals surface area contributed by atoms with Crippen LogP contribution in [0.1, 0.15) is 0 Å². The predicted molar refractivity (Wildman–Crippen MR) is 96.0 cm³/mol. The molecule has 134 valence electrons.